The molecule has 0 fully saturated rings. The quantitative estimate of drug-likeness (QED) is 0.781. The van der Waals surface area contributed by atoms with Crippen molar-refractivity contribution in [1.29, 1.82) is 5.26 Å². The number of rotatable bonds is 4. The molecule has 0 spiro atoms. The van der Waals surface area contributed by atoms with E-state index in [1.807, 2.05) is 19.9 Å². The van der Waals surface area contributed by atoms with Crippen molar-refractivity contribution in [1.82, 2.24) is 14.9 Å². The van der Waals surface area contributed by atoms with Crippen LogP contribution in [0.3, 0.4) is 0 Å². The lowest BCUT2D eigenvalue weighted by Crippen LogP contribution is -2.30. The second-order valence-electron chi connectivity index (χ2n) is 3.69. The number of hydrogen-bond donors (Lipinski definition) is 1. The first-order valence-corrected chi connectivity index (χ1v) is 4.81. The van der Waals surface area contributed by atoms with Gasteiger partial charge in [-0.15, -0.1) is 0 Å². The van der Waals surface area contributed by atoms with Gasteiger partial charge in [0.05, 0.1) is 0 Å². The lowest BCUT2D eigenvalue weighted by atomic mass is 10.2. The SMILES string of the molecule is CC(C)CNC(=O)Cn1ccnc1C#N. The zero-order valence-electron chi connectivity index (χ0n) is 8.90. The topological polar surface area (TPSA) is 70.7 Å². The molecule has 80 valence electrons. The van der Waals surface area contributed by atoms with E-state index in [2.05, 4.69) is 10.3 Å². The molecule has 5 nitrogen and oxygen atoms in total. The first-order chi connectivity index (χ1) is 7.13. The Balaban J connectivity index is 2.49. The van der Waals surface area contributed by atoms with Crippen LogP contribution in [-0.4, -0.2) is 22.0 Å². The van der Waals surface area contributed by atoms with Crippen molar-refractivity contribution in [3.8, 4) is 6.07 Å². The summed E-state index contributed by atoms with van der Waals surface area (Å²) in [5.74, 6) is 0.583. The van der Waals surface area contributed by atoms with Crippen LogP contribution in [0.4, 0.5) is 0 Å². The third-order valence-electron chi connectivity index (χ3n) is 1.84. The third kappa shape index (κ3) is 3.43. The van der Waals surface area contributed by atoms with Crippen LogP contribution in [0.25, 0.3) is 0 Å². The molecule has 0 aromatic carbocycles. The van der Waals surface area contributed by atoms with Crippen molar-refractivity contribution in [2.45, 2.75) is 20.4 Å². The van der Waals surface area contributed by atoms with Gasteiger partial charge in [-0.2, -0.15) is 5.26 Å². The Labute approximate surface area is 88.7 Å². The Morgan fingerprint density at radius 2 is 2.47 bits per heavy atom. The molecule has 0 saturated heterocycles. The summed E-state index contributed by atoms with van der Waals surface area (Å²) < 4.78 is 1.52. The Kier molecular flexibility index (Phi) is 3.86. The highest BCUT2D eigenvalue weighted by Crippen LogP contribution is 1.95. The molecule has 1 heterocycles. The van der Waals surface area contributed by atoms with Crippen LogP contribution in [-0.2, 0) is 11.3 Å². The van der Waals surface area contributed by atoms with E-state index < -0.39 is 0 Å². The number of carbonyl (C=O) groups excluding carboxylic acids is 1. The zero-order chi connectivity index (χ0) is 11.3. The van der Waals surface area contributed by atoms with Gasteiger partial charge in [0.15, 0.2) is 0 Å². The molecule has 1 amide bonds. The normalized spacial score (nSPS) is 10.0. The molecular weight excluding hydrogens is 192 g/mol. The Bertz CT molecular complexity index is 375. The van der Waals surface area contributed by atoms with Crippen LogP contribution in [0.15, 0.2) is 12.4 Å². The number of nitriles is 1. The van der Waals surface area contributed by atoms with Gasteiger partial charge < -0.3 is 9.88 Å². The number of imidazole rings is 1. The highest BCUT2D eigenvalue weighted by Gasteiger charge is 2.06. The Morgan fingerprint density at radius 3 is 3.07 bits per heavy atom. The van der Waals surface area contributed by atoms with Crippen LogP contribution in [0, 0.1) is 17.2 Å². The lowest BCUT2D eigenvalue weighted by Gasteiger charge is -2.08. The minimum absolute atomic E-state index is 0.0989. The van der Waals surface area contributed by atoms with Gasteiger partial charge in [-0.3, -0.25) is 4.79 Å². The van der Waals surface area contributed by atoms with E-state index in [1.165, 1.54) is 10.8 Å². The highest BCUT2D eigenvalue weighted by molar-refractivity contribution is 5.75. The van der Waals surface area contributed by atoms with E-state index in [4.69, 9.17) is 5.26 Å². The summed E-state index contributed by atoms with van der Waals surface area (Å²) in [7, 11) is 0. The van der Waals surface area contributed by atoms with Gasteiger partial charge in [-0.05, 0) is 5.92 Å². The molecule has 1 aromatic rings. The number of carbonyl (C=O) groups is 1. The molecule has 1 rings (SSSR count). The third-order valence-corrected chi connectivity index (χ3v) is 1.84. The van der Waals surface area contributed by atoms with Gasteiger partial charge in [0, 0.05) is 18.9 Å². The molecule has 15 heavy (non-hydrogen) atoms. The smallest absolute Gasteiger partial charge is 0.240 e. The molecule has 0 aliphatic rings. The van der Waals surface area contributed by atoms with Crippen molar-refractivity contribution in [3.05, 3.63) is 18.2 Å². The maximum Gasteiger partial charge on any atom is 0.240 e. The maximum absolute atomic E-state index is 11.4. The molecule has 0 saturated carbocycles. The number of hydrogen-bond acceptors (Lipinski definition) is 3. The fourth-order valence-corrected chi connectivity index (χ4v) is 1.08. The van der Waals surface area contributed by atoms with Crippen LogP contribution in [0.5, 0.6) is 0 Å². The molecule has 5 heteroatoms. The van der Waals surface area contributed by atoms with Crippen molar-refractivity contribution in [3.63, 3.8) is 0 Å². The molecule has 0 aliphatic heterocycles. The molecule has 0 aliphatic carbocycles. The largest absolute Gasteiger partial charge is 0.354 e. The lowest BCUT2D eigenvalue weighted by molar-refractivity contribution is -0.121. The second kappa shape index (κ2) is 5.15. The molecule has 0 radical (unpaired) electrons. The number of amides is 1. The summed E-state index contributed by atoms with van der Waals surface area (Å²) in [5, 5.41) is 11.4. The van der Waals surface area contributed by atoms with Crippen molar-refractivity contribution >= 4 is 5.91 Å². The van der Waals surface area contributed by atoms with Gasteiger partial charge in [0.1, 0.15) is 12.6 Å². The van der Waals surface area contributed by atoms with Crippen LogP contribution < -0.4 is 5.32 Å². The van der Waals surface area contributed by atoms with Gasteiger partial charge in [0.2, 0.25) is 11.7 Å². The summed E-state index contributed by atoms with van der Waals surface area (Å²) >= 11 is 0. The van der Waals surface area contributed by atoms with Gasteiger partial charge in [0.25, 0.3) is 0 Å². The molecule has 0 bridgehead atoms. The van der Waals surface area contributed by atoms with E-state index in [0.29, 0.717) is 12.5 Å². The molecule has 1 N–H and O–H groups in total. The number of aromatic nitrogens is 2. The minimum atomic E-state index is -0.0989. The fraction of sp³-hybridized carbons (Fsp3) is 0.500. The highest BCUT2D eigenvalue weighted by atomic mass is 16.1. The Hall–Kier alpha value is -1.83. The van der Waals surface area contributed by atoms with E-state index >= 15 is 0 Å². The van der Waals surface area contributed by atoms with Crippen molar-refractivity contribution in [2.75, 3.05) is 6.54 Å². The number of nitrogens with one attached hydrogen (secondary N) is 1. The van der Waals surface area contributed by atoms with Gasteiger partial charge >= 0.3 is 0 Å². The zero-order valence-corrected chi connectivity index (χ0v) is 8.90. The maximum atomic E-state index is 11.4. The first kappa shape index (κ1) is 11.2. The first-order valence-electron chi connectivity index (χ1n) is 4.81. The van der Waals surface area contributed by atoms with Gasteiger partial charge in [-0.25, -0.2) is 4.98 Å². The Morgan fingerprint density at radius 1 is 1.73 bits per heavy atom. The van der Waals surface area contributed by atoms with Crippen molar-refractivity contribution < 1.29 is 4.79 Å². The standard InChI is InChI=1S/C10H14N4O/c1-8(2)6-13-10(15)7-14-4-3-12-9(14)5-11/h3-4,8H,6-7H2,1-2H3,(H,13,15). The average molecular weight is 206 g/mol. The molecule has 0 atom stereocenters. The summed E-state index contributed by atoms with van der Waals surface area (Å²) in [6, 6.07) is 1.92. The molecule has 1 aromatic heterocycles. The minimum Gasteiger partial charge on any atom is -0.354 e. The van der Waals surface area contributed by atoms with Crippen LogP contribution in [0.2, 0.25) is 0 Å². The number of nitrogens with zero attached hydrogens (tertiary/aromatic N) is 3. The summed E-state index contributed by atoms with van der Waals surface area (Å²) in [6.45, 7) is 4.85. The van der Waals surface area contributed by atoms with E-state index in [1.54, 1.807) is 6.20 Å². The predicted molar refractivity (Wildman–Crippen MR) is 54.8 cm³/mol. The van der Waals surface area contributed by atoms with Crippen molar-refractivity contribution in [2.24, 2.45) is 5.92 Å². The summed E-state index contributed by atoms with van der Waals surface area (Å²) in [6.07, 6.45) is 3.13. The fourth-order valence-electron chi connectivity index (χ4n) is 1.08. The average Bonchev–Trinajstić information content (AvgIpc) is 2.62. The van der Waals surface area contributed by atoms with E-state index in [0.717, 1.165) is 0 Å². The van der Waals surface area contributed by atoms with Gasteiger partial charge in [-0.1, -0.05) is 13.8 Å². The summed E-state index contributed by atoms with van der Waals surface area (Å²) in [4.78, 5) is 15.2. The second-order valence-corrected chi connectivity index (χ2v) is 3.69. The van der Waals surface area contributed by atoms with Crippen LogP contribution in [0.1, 0.15) is 19.7 Å². The monoisotopic (exact) mass is 206 g/mol. The molecular formula is C10H14N4O. The predicted octanol–water partition coefficient (Wildman–Crippen LogP) is 0.527. The van der Waals surface area contributed by atoms with E-state index in [9.17, 15) is 4.79 Å². The summed E-state index contributed by atoms with van der Waals surface area (Å²) in [5.41, 5.74) is 0. The van der Waals surface area contributed by atoms with Crippen LogP contribution >= 0.6 is 0 Å². The molecule has 0 unspecified atom stereocenters. The van der Waals surface area contributed by atoms with E-state index in [-0.39, 0.29) is 18.3 Å².